The van der Waals surface area contributed by atoms with Gasteiger partial charge in [0.2, 0.25) is 0 Å². The summed E-state index contributed by atoms with van der Waals surface area (Å²) in [5, 5.41) is 5.36. The molecule has 2 rings (SSSR count). The van der Waals surface area contributed by atoms with Crippen LogP contribution < -0.4 is 5.32 Å². The highest BCUT2D eigenvalue weighted by molar-refractivity contribution is 8.00. The Balaban J connectivity index is 1.75. The predicted octanol–water partition coefficient (Wildman–Crippen LogP) is 2.48. The SMILES string of the molecule is CCNC(=NCCCSc1nccs1)N1CCC(C(=O)OC)CC1. The summed E-state index contributed by atoms with van der Waals surface area (Å²) in [6, 6.07) is 0. The zero-order valence-electron chi connectivity index (χ0n) is 14.4. The van der Waals surface area contributed by atoms with Gasteiger partial charge in [0.15, 0.2) is 5.96 Å². The number of hydrogen-bond donors (Lipinski definition) is 1. The molecule has 1 fully saturated rings. The van der Waals surface area contributed by atoms with E-state index in [9.17, 15) is 4.79 Å². The molecular weight excluding hydrogens is 344 g/mol. The molecule has 0 spiro atoms. The molecule has 0 unspecified atom stereocenters. The van der Waals surface area contributed by atoms with Crippen LogP contribution >= 0.6 is 23.1 Å². The number of guanidine groups is 1. The van der Waals surface area contributed by atoms with E-state index in [0.29, 0.717) is 0 Å². The van der Waals surface area contributed by atoms with Crippen molar-refractivity contribution in [1.29, 1.82) is 0 Å². The molecule has 1 aliphatic rings. The topological polar surface area (TPSA) is 66.8 Å². The van der Waals surface area contributed by atoms with Gasteiger partial charge >= 0.3 is 5.97 Å². The highest BCUT2D eigenvalue weighted by Crippen LogP contribution is 2.21. The van der Waals surface area contributed by atoms with Gasteiger partial charge < -0.3 is 15.0 Å². The van der Waals surface area contributed by atoms with E-state index < -0.39 is 0 Å². The summed E-state index contributed by atoms with van der Waals surface area (Å²) < 4.78 is 5.97. The van der Waals surface area contributed by atoms with Gasteiger partial charge in [-0.25, -0.2) is 4.98 Å². The molecule has 24 heavy (non-hydrogen) atoms. The van der Waals surface area contributed by atoms with Crippen LogP contribution in [0.3, 0.4) is 0 Å². The Morgan fingerprint density at radius 3 is 2.96 bits per heavy atom. The monoisotopic (exact) mass is 370 g/mol. The van der Waals surface area contributed by atoms with Crippen molar-refractivity contribution in [2.45, 2.75) is 30.5 Å². The predicted molar refractivity (Wildman–Crippen MR) is 99.7 cm³/mol. The van der Waals surface area contributed by atoms with Crippen molar-refractivity contribution >= 4 is 35.0 Å². The Morgan fingerprint density at radius 1 is 1.54 bits per heavy atom. The number of esters is 1. The number of aromatic nitrogens is 1. The first-order valence-corrected chi connectivity index (χ1v) is 10.2. The van der Waals surface area contributed by atoms with Crippen LogP contribution in [0.15, 0.2) is 20.9 Å². The van der Waals surface area contributed by atoms with Gasteiger partial charge in [0.1, 0.15) is 4.34 Å². The molecule has 0 aromatic carbocycles. The summed E-state index contributed by atoms with van der Waals surface area (Å²) in [5.74, 6) is 1.93. The molecule has 1 N–H and O–H groups in total. The second-order valence-electron chi connectivity index (χ2n) is 5.52. The third kappa shape index (κ3) is 5.98. The van der Waals surface area contributed by atoms with Gasteiger partial charge in [-0.3, -0.25) is 9.79 Å². The van der Waals surface area contributed by atoms with Gasteiger partial charge in [0.05, 0.1) is 13.0 Å². The summed E-state index contributed by atoms with van der Waals surface area (Å²) in [5.41, 5.74) is 0. The van der Waals surface area contributed by atoms with Crippen molar-refractivity contribution < 1.29 is 9.53 Å². The first-order valence-electron chi connectivity index (χ1n) is 8.38. The third-order valence-corrected chi connectivity index (χ3v) is 5.92. The number of nitrogens with one attached hydrogen (secondary N) is 1. The molecular formula is C16H26N4O2S2. The Labute approximate surface area is 152 Å². The van der Waals surface area contributed by atoms with Crippen molar-refractivity contribution in [2.75, 3.05) is 39.0 Å². The number of likely N-dealkylation sites (tertiary alicyclic amines) is 1. The molecule has 1 aliphatic heterocycles. The van der Waals surface area contributed by atoms with Crippen molar-refractivity contribution in [1.82, 2.24) is 15.2 Å². The van der Waals surface area contributed by atoms with E-state index >= 15 is 0 Å². The lowest BCUT2D eigenvalue weighted by molar-refractivity contribution is -0.146. The Hall–Kier alpha value is -1.28. The number of piperidine rings is 1. The van der Waals surface area contributed by atoms with Crippen molar-refractivity contribution in [2.24, 2.45) is 10.9 Å². The number of thiazole rings is 1. The van der Waals surface area contributed by atoms with Crippen LogP contribution in [0.2, 0.25) is 0 Å². The molecule has 1 aromatic heterocycles. The van der Waals surface area contributed by atoms with Gasteiger partial charge in [0.25, 0.3) is 0 Å². The minimum absolute atomic E-state index is 0.0313. The van der Waals surface area contributed by atoms with Gasteiger partial charge in [-0.05, 0) is 26.2 Å². The number of thioether (sulfide) groups is 1. The van der Waals surface area contributed by atoms with Crippen LogP contribution in [0.5, 0.6) is 0 Å². The van der Waals surface area contributed by atoms with Gasteiger partial charge in [-0.1, -0.05) is 11.8 Å². The lowest BCUT2D eigenvalue weighted by Crippen LogP contribution is -2.46. The van der Waals surface area contributed by atoms with Crippen molar-refractivity contribution in [3.8, 4) is 0 Å². The number of hydrogen-bond acceptors (Lipinski definition) is 6. The summed E-state index contributed by atoms with van der Waals surface area (Å²) in [7, 11) is 1.46. The van der Waals surface area contributed by atoms with Crippen LogP contribution in [-0.2, 0) is 9.53 Å². The second-order valence-corrected chi connectivity index (χ2v) is 7.76. The zero-order chi connectivity index (χ0) is 17.2. The van der Waals surface area contributed by atoms with E-state index in [1.165, 1.54) is 7.11 Å². The molecule has 1 saturated heterocycles. The molecule has 0 atom stereocenters. The number of carbonyl (C=O) groups is 1. The standard InChI is InChI=1S/C16H26N4O2S2/c1-3-17-15(18-7-4-11-23-16-19-8-12-24-16)20-9-5-13(6-10-20)14(21)22-2/h8,12-13H,3-7,9-11H2,1-2H3,(H,17,18). The molecule has 0 bridgehead atoms. The maximum absolute atomic E-state index is 11.6. The molecule has 0 radical (unpaired) electrons. The number of ether oxygens (including phenoxy) is 1. The lowest BCUT2D eigenvalue weighted by atomic mass is 9.97. The molecule has 0 aliphatic carbocycles. The first-order chi connectivity index (χ1) is 11.7. The molecule has 2 heterocycles. The fraction of sp³-hybridized carbons (Fsp3) is 0.688. The number of nitrogens with zero attached hydrogens (tertiary/aromatic N) is 3. The molecule has 134 valence electrons. The maximum Gasteiger partial charge on any atom is 0.308 e. The molecule has 6 nitrogen and oxygen atoms in total. The van der Waals surface area contributed by atoms with Crippen LogP contribution in [-0.4, -0.2) is 60.9 Å². The van der Waals surface area contributed by atoms with Crippen molar-refractivity contribution in [3.63, 3.8) is 0 Å². The van der Waals surface area contributed by atoms with E-state index in [1.807, 2.05) is 11.6 Å². The fourth-order valence-electron chi connectivity index (χ4n) is 2.61. The van der Waals surface area contributed by atoms with E-state index in [4.69, 9.17) is 9.73 Å². The summed E-state index contributed by atoms with van der Waals surface area (Å²) >= 11 is 3.47. The number of rotatable bonds is 7. The second kappa shape index (κ2) is 10.6. The largest absolute Gasteiger partial charge is 0.469 e. The Bertz CT molecular complexity index is 514. The highest BCUT2D eigenvalue weighted by atomic mass is 32.2. The van der Waals surface area contributed by atoms with Gasteiger partial charge in [0, 0.05) is 43.5 Å². The quantitative estimate of drug-likeness (QED) is 0.261. The minimum atomic E-state index is -0.0872. The fourth-order valence-corrected chi connectivity index (χ4v) is 4.24. The summed E-state index contributed by atoms with van der Waals surface area (Å²) in [6.07, 6.45) is 4.53. The van der Waals surface area contributed by atoms with Gasteiger partial charge in [-0.15, -0.1) is 11.3 Å². The van der Waals surface area contributed by atoms with Crippen LogP contribution in [0.25, 0.3) is 0 Å². The van der Waals surface area contributed by atoms with Crippen LogP contribution in [0, 0.1) is 5.92 Å². The number of methoxy groups -OCH3 is 1. The maximum atomic E-state index is 11.6. The Kier molecular flexibility index (Phi) is 8.38. The van der Waals surface area contributed by atoms with Crippen LogP contribution in [0.1, 0.15) is 26.2 Å². The van der Waals surface area contributed by atoms with E-state index in [0.717, 1.165) is 61.5 Å². The summed E-state index contributed by atoms with van der Waals surface area (Å²) in [6.45, 7) is 5.43. The van der Waals surface area contributed by atoms with Crippen LogP contribution in [0.4, 0.5) is 0 Å². The first kappa shape index (κ1) is 19.1. The highest BCUT2D eigenvalue weighted by Gasteiger charge is 2.26. The third-order valence-electron chi connectivity index (χ3n) is 3.86. The van der Waals surface area contributed by atoms with E-state index in [-0.39, 0.29) is 11.9 Å². The van der Waals surface area contributed by atoms with E-state index in [2.05, 4.69) is 22.1 Å². The average Bonchev–Trinajstić information content (AvgIpc) is 3.13. The number of carbonyl (C=O) groups excluding carboxylic acids is 1. The van der Waals surface area contributed by atoms with Gasteiger partial charge in [-0.2, -0.15) is 0 Å². The smallest absolute Gasteiger partial charge is 0.308 e. The molecule has 0 saturated carbocycles. The van der Waals surface area contributed by atoms with E-state index in [1.54, 1.807) is 23.1 Å². The Morgan fingerprint density at radius 2 is 2.33 bits per heavy atom. The van der Waals surface area contributed by atoms with Crippen molar-refractivity contribution in [3.05, 3.63) is 11.6 Å². The molecule has 1 aromatic rings. The minimum Gasteiger partial charge on any atom is -0.469 e. The summed E-state index contributed by atoms with van der Waals surface area (Å²) in [4.78, 5) is 22.9. The lowest BCUT2D eigenvalue weighted by Gasteiger charge is -2.33. The average molecular weight is 371 g/mol. The number of aliphatic imine (C=N–C) groups is 1. The normalized spacial score (nSPS) is 16.2. The molecule has 8 heteroatoms. The molecule has 0 amide bonds. The zero-order valence-corrected chi connectivity index (χ0v) is 16.0.